The number of benzene rings is 3. The first kappa shape index (κ1) is 23.9. The minimum absolute atomic E-state index is 0.0263. The lowest BCUT2D eigenvalue weighted by Gasteiger charge is -2.12. The quantitative estimate of drug-likeness (QED) is 0.236. The summed E-state index contributed by atoms with van der Waals surface area (Å²) in [5.74, 6) is 0.635. The molecule has 1 saturated carbocycles. The molecule has 0 amide bonds. The molecule has 8 heteroatoms. The van der Waals surface area contributed by atoms with Gasteiger partial charge in [-0.15, -0.1) is 10.2 Å². The van der Waals surface area contributed by atoms with Crippen molar-refractivity contribution >= 4 is 22.5 Å². The van der Waals surface area contributed by atoms with Gasteiger partial charge < -0.3 is 4.42 Å². The number of aromatic amines is 1. The lowest BCUT2D eigenvalue weighted by molar-refractivity contribution is 0.0965. The van der Waals surface area contributed by atoms with Crippen molar-refractivity contribution in [2.45, 2.75) is 44.9 Å². The number of carbonyl (C=O) groups is 2. The van der Waals surface area contributed by atoms with E-state index in [9.17, 15) is 14.0 Å². The highest BCUT2D eigenvalue weighted by molar-refractivity contribution is 6.12. The van der Waals surface area contributed by atoms with Crippen LogP contribution in [0.5, 0.6) is 0 Å². The van der Waals surface area contributed by atoms with Gasteiger partial charge in [-0.1, -0.05) is 30.3 Å². The van der Waals surface area contributed by atoms with Gasteiger partial charge in [0.25, 0.3) is 0 Å². The first-order valence-corrected chi connectivity index (χ1v) is 12.6. The Balaban J connectivity index is 1.40. The molecule has 2 heterocycles. The average molecular weight is 509 g/mol. The number of aryl methyl sites for hydroxylation is 1. The summed E-state index contributed by atoms with van der Waals surface area (Å²) >= 11 is 0. The van der Waals surface area contributed by atoms with Crippen molar-refractivity contribution in [3.05, 3.63) is 89.0 Å². The van der Waals surface area contributed by atoms with Gasteiger partial charge in [0, 0.05) is 34.8 Å². The lowest BCUT2D eigenvalue weighted by Crippen LogP contribution is -2.15. The Hall–Kier alpha value is -4.46. The van der Waals surface area contributed by atoms with Crippen LogP contribution in [0.4, 0.5) is 4.39 Å². The standard InChI is InChI=1S/C30H25FN4O3/c1-3-24(36)27-23-14-19(8-11-26(23)38-28(27)18-6-9-21(31)10-7-18)22-15-20(5-4-17(22)2)25(37)16-30(12-13-30)29-32-34-35-33-29/h4-11,14-15H,3,12-13,16H2,1-2H3,(H,32,33,34,35). The molecule has 7 nitrogen and oxygen atoms in total. The minimum atomic E-state index is -0.356. The number of tetrazole rings is 1. The highest BCUT2D eigenvalue weighted by atomic mass is 19.1. The molecule has 3 aromatic carbocycles. The fourth-order valence-electron chi connectivity index (χ4n) is 5.06. The number of furan rings is 1. The van der Waals surface area contributed by atoms with Gasteiger partial charge in [-0.3, -0.25) is 9.59 Å². The molecule has 38 heavy (non-hydrogen) atoms. The van der Waals surface area contributed by atoms with Crippen LogP contribution >= 0.6 is 0 Å². The zero-order valence-electron chi connectivity index (χ0n) is 21.0. The third kappa shape index (κ3) is 4.12. The molecule has 1 fully saturated rings. The molecular weight excluding hydrogens is 483 g/mol. The number of H-pyrrole nitrogens is 1. The van der Waals surface area contributed by atoms with Crippen LogP contribution < -0.4 is 0 Å². The number of halogens is 1. The predicted molar refractivity (Wildman–Crippen MR) is 140 cm³/mol. The molecule has 1 aliphatic carbocycles. The van der Waals surface area contributed by atoms with E-state index in [0.29, 0.717) is 52.1 Å². The molecule has 6 rings (SSSR count). The van der Waals surface area contributed by atoms with E-state index in [2.05, 4.69) is 20.6 Å². The van der Waals surface area contributed by atoms with Crippen LogP contribution in [0.3, 0.4) is 0 Å². The van der Waals surface area contributed by atoms with E-state index in [0.717, 1.165) is 29.5 Å². The summed E-state index contributed by atoms with van der Waals surface area (Å²) in [5.41, 5.74) is 4.76. The van der Waals surface area contributed by atoms with Gasteiger partial charge in [-0.25, -0.2) is 4.39 Å². The number of hydrogen-bond donors (Lipinski definition) is 1. The Labute approximate surface area is 218 Å². The van der Waals surface area contributed by atoms with E-state index in [1.807, 2.05) is 43.3 Å². The van der Waals surface area contributed by atoms with Crippen molar-refractivity contribution in [2.24, 2.45) is 0 Å². The monoisotopic (exact) mass is 508 g/mol. The Kier molecular flexibility index (Phi) is 5.75. The van der Waals surface area contributed by atoms with Gasteiger partial charge in [0.2, 0.25) is 0 Å². The van der Waals surface area contributed by atoms with Crippen LogP contribution in [0.15, 0.2) is 65.1 Å². The van der Waals surface area contributed by atoms with Crippen LogP contribution in [0.25, 0.3) is 33.4 Å². The first-order chi connectivity index (χ1) is 18.4. The van der Waals surface area contributed by atoms with Gasteiger partial charge in [0.05, 0.1) is 5.56 Å². The summed E-state index contributed by atoms with van der Waals surface area (Å²) in [4.78, 5) is 26.3. The normalized spacial score (nSPS) is 14.1. The number of fused-ring (bicyclic) bond motifs is 1. The SMILES string of the molecule is CCC(=O)c1c(-c2ccc(F)cc2)oc2ccc(-c3cc(C(=O)CC4(c5nn[nH]n5)CC4)ccc3C)cc12. The van der Waals surface area contributed by atoms with Crippen LogP contribution in [-0.2, 0) is 5.41 Å². The number of aromatic nitrogens is 4. The van der Waals surface area contributed by atoms with E-state index in [4.69, 9.17) is 4.42 Å². The largest absolute Gasteiger partial charge is 0.455 e. The number of carbonyl (C=O) groups excluding carboxylic acids is 2. The maximum atomic E-state index is 13.5. The molecule has 2 aromatic heterocycles. The van der Waals surface area contributed by atoms with Crippen molar-refractivity contribution in [3.8, 4) is 22.5 Å². The fourth-order valence-corrected chi connectivity index (χ4v) is 5.06. The third-order valence-corrected chi connectivity index (χ3v) is 7.44. The second-order valence-electron chi connectivity index (χ2n) is 9.95. The molecule has 0 bridgehead atoms. The Morgan fingerprint density at radius 2 is 1.76 bits per heavy atom. The van der Waals surface area contributed by atoms with E-state index in [1.54, 1.807) is 19.1 Å². The van der Waals surface area contributed by atoms with Gasteiger partial charge >= 0.3 is 0 Å². The number of rotatable bonds is 8. The predicted octanol–water partition coefficient (Wildman–Crippen LogP) is 6.62. The molecule has 0 spiro atoms. The maximum Gasteiger partial charge on any atom is 0.181 e. The maximum absolute atomic E-state index is 13.5. The minimum Gasteiger partial charge on any atom is -0.455 e. The van der Waals surface area contributed by atoms with E-state index in [1.165, 1.54) is 12.1 Å². The van der Waals surface area contributed by atoms with Crippen LogP contribution in [0.1, 0.15) is 64.7 Å². The number of ketones is 2. The van der Waals surface area contributed by atoms with Crippen LogP contribution in [0, 0.1) is 12.7 Å². The molecule has 190 valence electrons. The average Bonchev–Trinajstić information content (AvgIpc) is 3.33. The van der Waals surface area contributed by atoms with Gasteiger partial charge in [-0.2, -0.15) is 5.21 Å². The molecule has 0 atom stereocenters. The van der Waals surface area contributed by atoms with Gasteiger partial charge in [-0.05, 0) is 78.9 Å². The molecule has 0 aliphatic heterocycles. The zero-order chi connectivity index (χ0) is 26.4. The number of hydrogen-bond acceptors (Lipinski definition) is 6. The van der Waals surface area contributed by atoms with Crippen molar-refractivity contribution in [2.75, 3.05) is 0 Å². The first-order valence-electron chi connectivity index (χ1n) is 12.6. The second kappa shape index (κ2) is 9.13. The summed E-state index contributed by atoms with van der Waals surface area (Å²) < 4.78 is 19.6. The highest BCUT2D eigenvalue weighted by Crippen LogP contribution is 2.50. The number of Topliss-reactive ketones (excluding diaryl/α,β-unsaturated/α-hetero) is 2. The van der Waals surface area contributed by atoms with Crippen molar-refractivity contribution in [1.82, 2.24) is 20.6 Å². The molecule has 1 N–H and O–H groups in total. The molecule has 0 saturated heterocycles. The van der Waals surface area contributed by atoms with Gasteiger partial charge in [0.1, 0.15) is 17.2 Å². The van der Waals surface area contributed by atoms with Crippen molar-refractivity contribution < 1.29 is 18.4 Å². The fraction of sp³-hybridized carbons (Fsp3) is 0.233. The third-order valence-electron chi connectivity index (χ3n) is 7.44. The summed E-state index contributed by atoms with van der Waals surface area (Å²) in [7, 11) is 0. The Morgan fingerprint density at radius 1 is 1.00 bits per heavy atom. The van der Waals surface area contributed by atoms with Crippen LogP contribution in [-0.4, -0.2) is 32.2 Å². The van der Waals surface area contributed by atoms with E-state index >= 15 is 0 Å². The lowest BCUT2D eigenvalue weighted by atomic mass is 9.91. The van der Waals surface area contributed by atoms with Crippen LogP contribution in [0.2, 0.25) is 0 Å². The highest BCUT2D eigenvalue weighted by Gasteiger charge is 2.49. The number of nitrogens with zero attached hydrogens (tertiary/aromatic N) is 3. The van der Waals surface area contributed by atoms with Crippen molar-refractivity contribution in [3.63, 3.8) is 0 Å². The summed E-state index contributed by atoms with van der Waals surface area (Å²) in [6.45, 7) is 3.80. The smallest absolute Gasteiger partial charge is 0.181 e. The zero-order valence-corrected chi connectivity index (χ0v) is 21.0. The Bertz CT molecular complexity index is 1680. The second-order valence-corrected chi connectivity index (χ2v) is 9.95. The summed E-state index contributed by atoms with van der Waals surface area (Å²) in [6, 6.07) is 17.3. The van der Waals surface area contributed by atoms with E-state index in [-0.39, 0.29) is 22.8 Å². The van der Waals surface area contributed by atoms with Gasteiger partial charge in [0.15, 0.2) is 17.4 Å². The topological polar surface area (TPSA) is 102 Å². The van der Waals surface area contributed by atoms with E-state index < -0.39 is 0 Å². The number of nitrogens with one attached hydrogen (secondary N) is 1. The molecule has 1 aliphatic rings. The van der Waals surface area contributed by atoms with Crippen molar-refractivity contribution in [1.29, 1.82) is 0 Å². The summed E-state index contributed by atoms with van der Waals surface area (Å²) in [5, 5.41) is 15.0. The molecule has 0 radical (unpaired) electrons. The molecule has 5 aromatic rings. The molecular formula is C30H25FN4O3. The Morgan fingerprint density at radius 3 is 2.45 bits per heavy atom. The molecule has 0 unspecified atom stereocenters. The summed E-state index contributed by atoms with van der Waals surface area (Å²) in [6.07, 6.45) is 2.35.